The number of hydrogen-bond acceptors (Lipinski definition) is 7. The number of benzene rings is 3. The highest BCUT2D eigenvalue weighted by molar-refractivity contribution is 5.82. The minimum absolute atomic E-state index is 0.155. The van der Waals surface area contributed by atoms with Crippen molar-refractivity contribution in [3.63, 3.8) is 0 Å². The van der Waals surface area contributed by atoms with Crippen LogP contribution in [0.2, 0.25) is 0 Å². The van der Waals surface area contributed by atoms with Crippen LogP contribution in [0.5, 0.6) is 0 Å². The zero-order chi connectivity index (χ0) is 26.9. The molecule has 3 aromatic heterocycles. The van der Waals surface area contributed by atoms with E-state index in [0.717, 1.165) is 0 Å². The third-order valence-electron chi connectivity index (χ3n) is 6.38. The summed E-state index contributed by atoms with van der Waals surface area (Å²) in [6, 6.07) is 18.6. The van der Waals surface area contributed by atoms with E-state index in [1.807, 2.05) is 25.1 Å². The van der Waals surface area contributed by atoms with Crippen molar-refractivity contribution in [2.75, 3.05) is 10.3 Å². The number of aromatic amines is 1. The highest BCUT2D eigenvalue weighted by Gasteiger charge is 2.26. The molecule has 0 spiro atoms. The molecule has 0 fully saturated rings. The first kappa shape index (κ1) is 24.2. The lowest BCUT2D eigenvalue weighted by molar-refractivity contribution is 0.598. The summed E-state index contributed by atoms with van der Waals surface area (Å²) in [6.07, 6.45) is 3.40. The first-order valence-corrected chi connectivity index (χ1v) is 12.3. The normalized spacial score (nSPS) is 12.1. The molecule has 0 aliphatic rings. The topological polar surface area (TPSA) is 105 Å². The Morgan fingerprint density at radius 2 is 1.72 bits per heavy atom. The Kier molecular flexibility index (Phi) is 6.16. The Bertz CT molecular complexity index is 1840. The van der Waals surface area contributed by atoms with Crippen molar-refractivity contribution in [3.05, 3.63) is 113 Å². The highest BCUT2D eigenvalue weighted by Crippen LogP contribution is 2.31. The average Bonchev–Trinajstić information content (AvgIpc) is 3.44. The number of halogens is 2. The van der Waals surface area contributed by atoms with Crippen LogP contribution in [0.1, 0.15) is 25.2 Å². The van der Waals surface area contributed by atoms with Gasteiger partial charge in [0.1, 0.15) is 28.9 Å². The van der Waals surface area contributed by atoms with Crippen molar-refractivity contribution in [1.29, 1.82) is 0 Å². The van der Waals surface area contributed by atoms with E-state index in [4.69, 9.17) is 4.98 Å². The van der Waals surface area contributed by atoms with Crippen LogP contribution >= 0.6 is 0 Å². The molecule has 9 nitrogen and oxygen atoms in total. The van der Waals surface area contributed by atoms with Crippen molar-refractivity contribution in [3.8, 4) is 0 Å². The highest BCUT2D eigenvalue weighted by atomic mass is 19.1. The van der Waals surface area contributed by atoms with Gasteiger partial charge in [-0.05, 0) is 55.0 Å². The molecule has 0 saturated carbocycles. The van der Waals surface area contributed by atoms with Gasteiger partial charge in [0.15, 0.2) is 17.3 Å². The lowest BCUT2D eigenvalue weighted by atomic mass is 10.1. The lowest BCUT2D eigenvalue weighted by Crippen LogP contribution is -2.40. The van der Waals surface area contributed by atoms with E-state index in [0.29, 0.717) is 40.6 Å². The molecule has 0 bridgehead atoms. The Morgan fingerprint density at radius 1 is 0.949 bits per heavy atom. The lowest BCUT2D eigenvalue weighted by Gasteiger charge is -2.31. The Morgan fingerprint density at radius 3 is 2.49 bits per heavy atom. The third-order valence-corrected chi connectivity index (χ3v) is 6.38. The van der Waals surface area contributed by atoms with Gasteiger partial charge >= 0.3 is 0 Å². The van der Waals surface area contributed by atoms with Crippen LogP contribution in [0.15, 0.2) is 90.2 Å². The van der Waals surface area contributed by atoms with Crippen molar-refractivity contribution in [1.82, 2.24) is 29.6 Å². The maximum Gasteiger partial charge on any atom is 0.283 e. The molecule has 0 amide bonds. The van der Waals surface area contributed by atoms with Gasteiger partial charge in [-0.1, -0.05) is 31.2 Å². The molecule has 3 heterocycles. The van der Waals surface area contributed by atoms with Crippen LogP contribution in [-0.2, 0) is 0 Å². The second-order valence-electron chi connectivity index (χ2n) is 8.77. The number of fused-ring (bicyclic) bond motifs is 2. The fourth-order valence-corrected chi connectivity index (χ4v) is 4.54. The van der Waals surface area contributed by atoms with Gasteiger partial charge in [0, 0.05) is 0 Å². The fraction of sp³-hybridized carbons (Fsp3) is 0.107. The summed E-state index contributed by atoms with van der Waals surface area (Å²) in [7, 11) is 0. The largest absolute Gasteiger partial charge is 0.358 e. The summed E-state index contributed by atoms with van der Waals surface area (Å²) in [5.74, 6) is -0.339. The maximum absolute atomic E-state index is 15.1. The monoisotopic (exact) mass is 524 g/mol. The molecular formula is C28H22F2N8O. The van der Waals surface area contributed by atoms with E-state index in [-0.39, 0.29) is 10.9 Å². The number of para-hydroxylation sites is 1. The first-order chi connectivity index (χ1) is 19.0. The van der Waals surface area contributed by atoms with Crippen LogP contribution in [0.3, 0.4) is 0 Å². The number of hydrogen-bond donors (Lipinski definition) is 2. The predicted octanol–water partition coefficient (Wildman–Crippen LogP) is 5.51. The molecule has 1 atom stereocenters. The predicted molar refractivity (Wildman–Crippen MR) is 145 cm³/mol. The number of nitrogens with one attached hydrogen (secondary N) is 2. The summed E-state index contributed by atoms with van der Waals surface area (Å²) >= 11 is 0. The van der Waals surface area contributed by atoms with E-state index in [9.17, 15) is 9.18 Å². The number of imidazole rings is 1. The van der Waals surface area contributed by atoms with Gasteiger partial charge in [0.05, 0.1) is 29.3 Å². The van der Waals surface area contributed by atoms with Gasteiger partial charge in [-0.2, -0.15) is 4.68 Å². The van der Waals surface area contributed by atoms with Gasteiger partial charge in [-0.3, -0.25) is 4.79 Å². The maximum atomic E-state index is 15.1. The number of nitrogens with zero attached hydrogens (tertiary/aromatic N) is 6. The minimum atomic E-state index is -0.687. The second kappa shape index (κ2) is 9.93. The Hall–Kier alpha value is -5.19. The molecule has 0 aliphatic carbocycles. The van der Waals surface area contributed by atoms with Gasteiger partial charge in [0.25, 0.3) is 5.56 Å². The number of aromatic nitrogens is 6. The number of anilines is 3. The molecule has 0 radical (unpaired) electrons. The molecule has 39 heavy (non-hydrogen) atoms. The van der Waals surface area contributed by atoms with Crippen molar-refractivity contribution >= 4 is 39.3 Å². The third kappa shape index (κ3) is 4.33. The van der Waals surface area contributed by atoms with E-state index in [1.165, 1.54) is 41.6 Å². The van der Waals surface area contributed by atoms with E-state index >= 15 is 4.39 Å². The van der Waals surface area contributed by atoms with E-state index in [2.05, 4.69) is 25.3 Å². The Balaban J connectivity index is 1.63. The van der Waals surface area contributed by atoms with Gasteiger partial charge in [-0.15, -0.1) is 0 Å². The summed E-state index contributed by atoms with van der Waals surface area (Å²) in [5, 5.41) is 4.81. The molecule has 6 rings (SSSR count). The van der Waals surface area contributed by atoms with Crippen LogP contribution in [0.25, 0.3) is 22.1 Å². The van der Waals surface area contributed by atoms with Crippen molar-refractivity contribution in [2.45, 2.75) is 19.4 Å². The summed E-state index contributed by atoms with van der Waals surface area (Å²) < 4.78 is 30.3. The van der Waals surface area contributed by atoms with Gasteiger partial charge in [-0.25, -0.2) is 33.7 Å². The minimum Gasteiger partial charge on any atom is -0.358 e. The van der Waals surface area contributed by atoms with Gasteiger partial charge < -0.3 is 10.3 Å². The molecule has 11 heteroatoms. The molecule has 2 N–H and O–H groups in total. The van der Waals surface area contributed by atoms with E-state index < -0.39 is 23.2 Å². The van der Waals surface area contributed by atoms with E-state index in [1.54, 1.807) is 35.3 Å². The molecular weight excluding hydrogens is 502 g/mol. The quantitative estimate of drug-likeness (QED) is 0.284. The molecule has 0 aliphatic heterocycles. The van der Waals surface area contributed by atoms with Gasteiger partial charge in [0.2, 0.25) is 0 Å². The number of rotatable bonds is 7. The second-order valence-corrected chi connectivity index (χ2v) is 8.77. The standard InChI is InChI=1S/C28H22F2N8O/c1-2-21(35-26-24-25(32-15-31-24)33-16-34-26)27-36-22-10-6-9-20(30)23(22)28(39)38(27)37(18-7-4-3-5-8-18)19-13-11-17(29)12-14-19/h3-16,21H,2H2,1H3,(H2,31,32,33,34,35). The SMILES string of the molecule is CCC(Nc1ncnc2nc[nH]c12)c1nc2cccc(F)c2c(=O)n1N(c1ccccc1)c1ccc(F)cc1. The molecule has 194 valence electrons. The Labute approximate surface area is 220 Å². The first-order valence-electron chi connectivity index (χ1n) is 12.3. The number of H-pyrrole nitrogens is 1. The van der Waals surface area contributed by atoms with Crippen LogP contribution in [0.4, 0.5) is 26.0 Å². The van der Waals surface area contributed by atoms with Crippen LogP contribution in [0, 0.1) is 11.6 Å². The van der Waals surface area contributed by atoms with Crippen molar-refractivity contribution in [2.24, 2.45) is 0 Å². The van der Waals surface area contributed by atoms with Crippen LogP contribution < -0.4 is 15.9 Å². The molecule has 3 aromatic carbocycles. The molecule has 1 unspecified atom stereocenters. The summed E-state index contributed by atoms with van der Waals surface area (Å²) in [6.45, 7) is 1.93. The van der Waals surface area contributed by atoms with Crippen LogP contribution in [-0.4, -0.2) is 29.6 Å². The molecule has 0 saturated heterocycles. The molecule has 6 aromatic rings. The fourth-order valence-electron chi connectivity index (χ4n) is 4.54. The zero-order valence-corrected chi connectivity index (χ0v) is 20.7. The smallest absolute Gasteiger partial charge is 0.283 e. The zero-order valence-electron chi connectivity index (χ0n) is 20.7. The summed E-state index contributed by atoms with van der Waals surface area (Å²) in [5.41, 5.74) is 1.75. The average molecular weight is 525 g/mol. The van der Waals surface area contributed by atoms with Crippen molar-refractivity contribution < 1.29 is 8.78 Å². The summed E-state index contributed by atoms with van der Waals surface area (Å²) in [4.78, 5) is 34.7.